The lowest BCUT2D eigenvalue weighted by atomic mass is 10.3. The lowest BCUT2D eigenvalue weighted by Gasteiger charge is -2.17. The van der Waals surface area contributed by atoms with Crippen LogP contribution in [-0.2, 0) is 6.54 Å². The summed E-state index contributed by atoms with van der Waals surface area (Å²) in [5.41, 5.74) is 0.800. The number of aliphatic imine (C=N–C) groups is 1. The van der Waals surface area contributed by atoms with Gasteiger partial charge in [0.25, 0.3) is 0 Å². The predicted molar refractivity (Wildman–Crippen MR) is 113 cm³/mol. The van der Waals surface area contributed by atoms with Crippen LogP contribution in [0.5, 0.6) is 5.75 Å². The molecule has 144 valence electrons. The third-order valence-corrected chi connectivity index (χ3v) is 3.73. The van der Waals surface area contributed by atoms with Crippen LogP contribution >= 0.6 is 24.0 Å². The van der Waals surface area contributed by atoms with Crippen molar-refractivity contribution in [1.82, 2.24) is 25.2 Å². The number of ether oxygens (including phenoxy) is 1. The van der Waals surface area contributed by atoms with E-state index in [1.165, 1.54) is 12.1 Å². The molecule has 3 rings (SSSR count). The summed E-state index contributed by atoms with van der Waals surface area (Å²) in [7, 11) is 1.70. The van der Waals surface area contributed by atoms with Crippen LogP contribution in [0.4, 0.5) is 4.39 Å². The summed E-state index contributed by atoms with van der Waals surface area (Å²) in [4.78, 5) is 4.19. The number of rotatable bonds is 6. The third kappa shape index (κ3) is 5.78. The van der Waals surface area contributed by atoms with Crippen molar-refractivity contribution in [2.24, 2.45) is 4.99 Å². The minimum Gasteiger partial charge on any atom is -0.489 e. The summed E-state index contributed by atoms with van der Waals surface area (Å²) in [5.74, 6) is 1.76. The van der Waals surface area contributed by atoms with Gasteiger partial charge in [0.2, 0.25) is 0 Å². The van der Waals surface area contributed by atoms with Gasteiger partial charge >= 0.3 is 0 Å². The Morgan fingerprint density at radius 1 is 1.19 bits per heavy atom. The molecule has 0 bridgehead atoms. The molecular formula is C18H22FIN6O. The molecule has 0 fully saturated rings. The molecule has 1 atom stereocenters. The van der Waals surface area contributed by atoms with Gasteiger partial charge in [0.1, 0.15) is 17.7 Å². The summed E-state index contributed by atoms with van der Waals surface area (Å²) in [6, 6.07) is 11.7. The Hall–Kier alpha value is -2.43. The zero-order valence-electron chi connectivity index (χ0n) is 15.1. The van der Waals surface area contributed by atoms with Gasteiger partial charge in [-0.3, -0.25) is 9.39 Å². The summed E-state index contributed by atoms with van der Waals surface area (Å²) >= 11 is 0. The topological polar surface area (TPSA) is 75.8 Å². The second-order valence-electron chi connectivity index (χ2n) is 5.73. The van der Waals surface area contributed by atoms with Crippen molar-refractivity contribution >= 4 is 35.6 Å². The van der Waals surface area contributed by atoms with Crippen molar-refractivity contribution in [3.8, 4) is 5.75 Å². The normalized spacial score (nSPS) is 12.3. The highest BCUT2D eigenvalue weighted by Gasteiger charge is 2.08. The summed E-state index contributed by atoms with van der Waals surface area (Å²) < 4.78 is 20.6. The number of pyridine rings is 1. The maximum Gasteiger partial charge on any atom is 0.191 e. The van der Waals surface area contributed by atoms with Gasteiger partial charge in [-0.1, -0.05) is 6.07 Å². The molecule has 0 aliphatic carbocycles. The standard InChI is InChI=1S/C18H21FN6O.HI/c1-13(26-15-8-6-14(19)7-9-15)11-21-18(20-2)22-12-17-24-23-16-5-3-4-10-25(16)17;/h3-10,13H,11-12H2,1-2H3,(H2,20,21,22);1H. The number of hydrogen-bond donors (Lipinski definition) is 2. The minimum atomic E-state index is -0.284. The summed E-state index contributed by atoms with van der Waals surface area (Å²) in [6.45, 7) is 2.95. The van der Waals surface area contributed by atoms with Gasteiger partial charge in [-0.15, -0.1) is 34.2 Å². The van der Waals surface area contributed by atoms with Crippen LogP contribution in [0.2, 0.25) is 0 Å². The molecule has 2 heterocycles. The molecule has 2 N–H and O–H groups in total. The van der Waals surface area contributed by atoms with Crippen LogP contribution in [0.3, 0.4) is 0 Å². The molecule has 0 radical (unpaired) electrons. The fraction of sp³-hybridized carbons (Fsp3) is 0.278. The molecule has 2 aromatic heterocycles. The fourth-order valence-corrected chi connectivity index (χ4v) is 2.42. The SMILES string of the molecule is CN=C(NCc1nnc2ccccn12)NCC(C)Oc1ccc(F)cc1.I. The van der Waals surface area contributed by atoms with Gasteiger partial charge in [-0.05, 0) is 43.3 Å². The predicted octanol–water partition coefficient (Wildman–Crippen LogP) is 2.62. The molecule has 27 heavy (non-hydrogen) atoms. The van der Waals surface area contributed by atoms with Crippen molar-refractivity contribution in [3.63, 3.8) is 0 Å². The maximum absolute atomic E-state index is 12.9. The largest absolute Gasteiger partial charge is 0.489 e. The quantitative estimate of drug-likeness (QED) is 0.320. The molecule has 0 saturated heterocycles. The molecule has 0 aliphatic heterocycles. The van der Waals surface area contributed by atoms with Gasteiger partial charge in [0.15, 0.2) is 17.4 Å². The van der Waals surface area contributed by atoms with E-state index < -0.39 is 0 Å². The van der Waals surface area contributed by atoms with Crippen LogP contribution in [0.25, 0.3) is 5.65 Å². The summed E-state index contributed by atoms with van der Waals surface area (Å²) in [5, 5.41) is 14.7. The smallest absolute Gasteiger partial charge is 0.191 e. The highest BCUT2D eigenvalue weighted by Crippen LogP contribution is 2.12. The molecule has 0 saturated carbocycles. The monoisotopic (exact) mass is 484 g/mol. The van der Waals surface area contributed by atoms with Gasteiger partial charge in [0, 0.05) is 13.2 Å². The first-order valence-corrected chi connectivity index (χ1v) is 8.31. The Morgan fingerprint density at radius 3 is 2.70 bits per heavy atom. The van der Waals surface area contributed by atoms with Gasteiger partial charge in [-0.2, -0.15) is 0 Å². The number of benzene rings is 1. The van der Waals surface area contributed by atoms with Gasteiger partial charge in [0.05, 0.1) is 13.1 Å². The van der Waals surface area contributed by atoms with Crippen LogP contribution in [0.1, 0.15) is 12.7 Å². The Morgan fingerprint density at radius 2 is 1.96 bits per heavy atom. The first-order valence-electron chi connectivity index (χ1n) is 8.31. The zero-order valence-corrected chi connectivity index (χ0v) is 17.4. The van der Waals surface area contributed by atoms with Crippen LogP contribution in [0, 0.1) is 5.82 Å². The van der Waals surface area contributed by atoms with Gasteiger partial charge < -0.3 is 15.4 Å². The molecular weight excluding hydrogens is 462 g/mol. The van der Waals surface area contributed by atoms with Crippen molar-refractivity contribution in [1.29, 1.82) is 0 Å². The van der Waals surface area contributed by atoms with E-state index in [-0.39, 0.29) is 35.9 Å². The van der Waals surface area contributed by atoms with Crippen molar-refractivity contribution < 1.29 is 9.13 Å². The number of nitrogens with zero attached hydrogens (tertiary/aromatic N) is 4. The van der Waals surface area contributed by atoms with E-state index in [4.69, 9.17) is 4.74 Å². The van der Waals surface area contributed by atoms with E-state index in [9.17, 15) is 4.39 Å². The van der Waals surface area contributed by atoms with E-state index >= 15 is 0 Å². The van der Waals surface area contributed by atoms with Crippen molar-refractivity contribution in [2.45, 2.75) is 19.6 Å². The second kappa shape index (κ2) is 10.0. The first kappa shape index (κ1) is 20.9. The Bertz CT molecular complexity index is 883. The molecule has 7 nitrogen and oxygen atoms in total. The zero-order chi connectivity index (χ0) is 18.4. The van der Waals surface area contributed by atoms with Crippen LogP contribution < -0.4 is 15.4 Å². The van der Waals surface area contributed by atoms with E-state index in [2.05, 4.69) is 25.8 Å². The number of aromatic nitrogens is 3. The maximum atomic E-state index is 12.9. The number of halogens is 2. The van der Waals surface area contributed by atoms with Crippen molar-refractivity contribution in [2.75, 3.05) is 13.6 Å². The van der Waals surface area contributed by atoms with E-state index in [1.807, 2.05) is 35.7 Å². The van der Waals surface area contributed by atoms with E-state index in [0.717, 1.165) is 11.5 Å². The Labute approximate surface area is 174 Å². The highest BCUT2D eigenvalue weighted by molar-refractivity contribution is 14.0. The average molecular weight is 484 g/mol. The molecule has 0 amide bonds. The second-order valence-corrected chi connectivity index (χ2v) is 5.73. The molecule has 1 unspecified atom stereocenters. The lowest BCUT2D eigenvalue weighted by Crippen LogP contribution is -2.41. The minimum absolute atomic E-state index is 0. The molecule has 0 aliphatic rings. The molecule has 9 heteroatoms. The van der Waals surface area contributed by atoms with Gasteiger partial charge in [-0.25, -0.2) is 4.39 Å². The number of fused-ring (bicyclic) bond motifs is 1. The van der Waals surface area contributed by atoms with Crippen LogP contribution in [0.15, 0.2) is 53.7 Å². The third-order valence-electron chi connectivity index (χ3n) is 3.73. The van der Waals surface area contributed by atoms with E-state index in [1.54, 1.807) is 19.2 Å². The summed E-state index contributed by atoms with van der Waals surface area (Å²) in [6.07, 6.45) is 1.80. The Balaban J connectivity index is 0.00000261. The number of hydrogen-bond acceptors (Lipinski definition) is 4. The first-order chi connectivity index (χ1) is 12.7. The Kier molecular flexibility index (Phi) is 7.77. The lowest BCUT2D eigenvalue weighted by molar-refractivity contribution is 0.223. The average Bonchev–Trinajstić information content (AvgIpc) is 3.07. The van der Waals surface area contributed by atoms with Crippen molar-refractivity contribution in [3.05, 3.63) is 60.3 Å². The number of nitrogens with one attached hydrogen (secondary N) is 2. The fourth-order valence-electron chi connectivity index (χ4n) is 2.42. The molecule has 3 aromatic rings. The van der Waals surface area contributed by atoms with Crippen LogP contribution in [-0.4, -0.2) is 40.3 Å². The number of guanidine groups is 1. The highest BCUT2D eigenvalue weighted by atomic mass is 127. The molecule has 0 spiro atoms. The van der Waals surface area contributed by atoms with E-state index in [0.29, 0.717) is 24.8 Å². The molecule has 1 aromatic carbocycles.